The first-order valence-corrected chi connectivity index (χ1v) is 7.87. The van der Waals surface area contributed by atoms with E-state index in [1.165, 1.54) is 6.07 Å². The van der Waals surface area contributed by atoms with Crippen molar-refractivity contribution in [3.63, 3.8) is 0 Å². The number of nitrogens with one attached hydrogen (secondary N) is 1. The van der Waals surface area contributed by atoms with Gasteiger partial charge in [0.15, 0.2) is 11.6 Å². The normalized spacial score (nSPS) is 13.5. The van der Waals surface area contributed by atoms with Gasteiger partial charge in [-0.1, -0.05) is 6.07 Å². The lowest BCUT2D eigenvalue weighted by atomic mass is 10.1. The molecule has 0 spiro atoms. The summed E-state index contributed by atoms with van der Waals surface area (Å²) in [6.07, 6.45) is 0.625. The Bertz CT molecular complexity index is 520. The Balaban J connectivity index is 2.35. The fourth-order valence-electron chi connectivity index (χ4n) is 1.54. The zero-order valence-electron chi connectivity index (χ0n) is 10.6. The van der Waals surface area contributed by atoms with Gasteiger partial charge in [0.1, 0.15) is 9.84 Å². The zero-order valence-corrected chi connectivity index (χ0v) is 11.4. The maximum atomic E-state index is 12.9. The van der Waals surface area contributed by atoms with Crippen molar-refractivity contribution in [2.75, 3.05) is 25.1 Å². The van der Waals surface area contributed by atoms with Crippen molar-refractivity contribution in [3.05, 3.63) is 35.4 Å². The van der Waals surface area contributed by atoms with Crippen LogP contribution in [0.1, 0.15) is 18.1 Å². The van der Waals surface area contributed by atoms with Gasteiger partial charge in [-0.2, -0.15) is 0 Å². The van der Waals surface area contributed by atoms with Crippen LogP contribution in [0.25, 0.3) is 0 Å². The summed E-state index contributed by atoms with van der Waals surface area (Å²) in [6, 6.07) is 3.21. The summed E-state index contributed by atoms with van der Waals surface area (Å²) in [5.74, 6) is -1.90. The Morgan fingerprint density at radius 2 is 2.00 bits per heavy atom. The SMILES string of the molecule is CS(=O)(=O)CCCNCC(O)c1ccc(F)c(F)c1. The summed E-state index contributed by atoms with van der Waals surface area (Å²) in [7, 11) is -2.98. The molecule has 1 atom stereocenters. The van der Waals surface area contributed by atoms with Crippen LogP contribution in [0.15, 0.2) is 18.2 Å². The van der Waals surface area contributed by atoms with Crippen molar-refractivity contribution < 1.29 is 22.3 Å². The number of benzene rings is 1. The number of hydrogen-bond donors (Lipinski definition) is 2. The summed E-state index contributed by atoms with van der Waals surface area (Å²) >= 11 is 0. The van der Waals surface area contributed by atoms with Gasteiger partial charge >= 0.3 is 0 Å². The summed E-state index contributed by atoms with van der Waals surface area (Å²) in [4.78, 5) is 0. The molecule has 19 heavy (non-hydrogen) atoms. The van der Waals surface area contributed by atoms with Crippen LogP contribution in [-0.4, -0.2) is 38.6 Å². The van der Waals surface area contributed by atoms with E-state index in [0.29, 0.717) is 13.0 Å². The Morgan fingerprint density at radius 3 is 2.58 bits per heavy atom. The quantitative estimate of drug-likeness (QED) is 0.737. The van der Waals surface area contributed by atoms with Crippen LogP contribution in [0.2, 0.25) is 0 Å². The third-order valence-electron chi connectivity index (χ3n) is 2.53. The van der Waals surface area contributed by atoms with E-state index >= 15 is 0 Å². The smallest absolute Gasteiger partial charge is 0.159 e. The van der Waals surface area contributed by atoms with E-state index in [1.807, 2.05) is 0 Å². The summed E-state index contributed by atoms with van der Waals surface area (Å²) < 4.78 is 47.4. The largest absolute Gasteiger partial charge is 0.387 e. The second-order valence-electron chi connectivity index (χ2n) is 4.38. The summed E-state index contributed by atoms with van der Waals surface area (Å²) in [5.41, 5.74) is 0.273. The first-order chi connectivity index (χ1) is 8.79. The van der Waals surface area contributed by atoms with Crippen molar-refractivity contribution in [2.45, 2.75) is 12.5 Å². The molecule has 2 N–H and O–H groups in total. The zero-order chi connectivity index (χ0) is 14.5. The van der Waals surface area contributed by atoms with Crippen LogP contribution in [0.3, 0.4) is 0 Å². The van der Waals surface area contributed by atoms with Crippen molar-refractivity contribution in [2.24, 2.45) is 0 Å². The average molecular weight is 293 g/mol. The van der Waals surface area contributed by atoms with Gasteiger partial charge in [0.2, 0.25) is 0 Å². The molecule has 0 aliphatic heterocycles. The lowest BCUT2D eigenvalue weighted by Gasteiger charge is -2.12. The minimum absolute atomic E-state index is 0.0707. The lowest BCUT2D eigenvalue weighted by molar-refractivity contribution is 0.174. The van der Waals surface area contributed by atoms with E-state index in [1.54, 1.807) is 0 Å². The molecule has 1 aromatic rings. The molecule has 7 heteroatoms. The molecule has 4 nitrogen and oxygen atoms in total. The van der Waals surface area contributed by atoms with Crippen molar-refractivity contribution in [3.8, 4) is 0 Å². The molecule has 1 unspecified atom stereocenters. The summed E-state index contributed by atoms with van der Waals surface area (Å²) in [5, 5.41) is 12.6. The number of hydrogen-bond acceptors (Lipinski definition) is 4. The van der Waals surface area contributed by atoms with E-state index in [0.717, 1.165) is 18.4 Å². The third kappa shape index (κ3) is 6.09. The van der Waals surface area contributed by atoms with Gasteiger partial charge in [-0.15, -0.1) is 0 Å². The number of rotatable bonds is 7. The highest BCUT2D eigenvalue weighted by molar-refractivity contribution is 7.90. The van der Waals surface area contributed by atoms with Gasteiger partial charge in [0.05, 0.1) is 11.9 Å². The molecule has 108 valence electrons. The van der Waals surface area contributed by atoms with E-state index in [4.69, 9.17) is 0 Å². The van der Waals surface area contributed by atoms with E-state index in [2.05, 4.69) is 5.32 Å². The molecule has 0 amide bonds. The second kappa shape index (κ2) is 6.93. The van der Waals surface area contributed by atoms with Crippen LogP contribution in [0.5, 0.6) is 0 Å². The minimum atomic E-state index is -2.98. The molecular weight excluding hydrogens is 276 g/mol. The van der Waals surface area contributed by atoms with Crippen LogP contribution >= 0.6 is 0 Å². The van der Waals surface area contributed by atoms with Crippen molar-refractivity contribution in [1.82, 2.24) is 5.32 Å². The molecule has 0 heterocycles. The molecule has 0 aliphatic carbocycles. The minimum Gasteiger partial charge on any atom is -0.387 e. The molecule has 0 radical (unpaired) electrons. The maximum absolute atomic E-state index is 12.9. The molecular formula is C12H17F2NO3S. The Morgan fingerprint density at radius 1 is 1.32 bits per heavy atom. The van der Waals surface area contributed by atoms with E-state index < -0.39 is 27.6 Å². The van der Waals surface area contributed by atoms with Crippen molar-refractivity contribution in [1.29, 1.82) is 0 Å². The molecule has 0 aliphatic rings. The highest BCUT2D eigenvalue weighted by Gasteiger charge is 2.10. The average Bonchev–Trinajstić information content (AvgIpc) is 2.30. The lowest BCUT2D eigenvalue weighted by Crippen LogP contribution is -2.24. The van der Waals surface area contributed by atoms with Gasteiger partial charge in [-0.25, -0.2) is 17.2 Å². The predicted molar refractivity (Wildman–Crippen MR) is 68.5 cm³/mol. The first kappa shape index (κ1) is 16.0. The van der Waals surface area contributed by atoms with Gasteiger partial charge < -0.3 is 10.4 Å². The topological polar surface area (TPSA) is 66.4 Å². The number of aliphatic hydroxyl groups excluding tert-OH is 1. The van der Waals surface area contributed by atoms with Crippen LogP contribution in [0.4, 0.5) is 8.78 Å². The molecule has 0 fully saturated rings. The number of sulfone groups is 1. The van der Waals surface area contributed by atoms with Gasteiger partial charge in [-0.05, 0) is 30.7 Å². The Kier molecular flexibility index (Phi) is 5.84. The second-order valence-corrected chi connectivity index (χ2v) is 6.64. The monoisotopic (exact) mass is 293 g/mol. The highest BCUT2D eigenvalue weighted by Crippen LogP contribution is 2.15. The predicted octanol–water partition coefficient (Wildman–Crippen LogP) is 1.02. The highest BCUT2D eigenvalue weighted by atomic mass is 32.2. The number of aliphatic hydroxyl groups is 1. The van der Waals surface area contributed by atoms with Crippen LogP contribution in [-0.2, 0) is 9.84 Å². The Hall–Kier alpha value is -1.05. The third-order valence-corrected chi connectivity index (χ3v) is 3.57. The molecule has 1 rings (SSSR count). The number of halogens is 2. The molecule has 0 bridgehead atoms. The van der Waals surface area contributed by atoms with E-state index in [-0.39, 0.29) is 17.9 Å². The fourth-order valence-corrected chi connectivity index (χ4v) is 2.20. The van der Waals surface area contributed by atoms with Gasteiger partial charge in [-0.3, -0.25) is 0 Å². The van der Waals surface area contributed by atoms with E-state index in [9.17, 15) is 22.3 Å². The standard InChI is InChI=1S/C12H17F2NO3S/c1-19(17,18)6-2-5-15-8-12(16)9-3-4-10(13)11(14)7-9/h3-4,7,12,15-16H,2,5-6,8H2,1H3. The maximum Gasteiger partial charge on any atom is 0.159 e. The fraction of sp³-hybridized carbons (Fsp3) is 0.500. The van der Waals surface area contributed by atoms with Gasteiger partial charge in [0.25, 0.3) is 0 Å². The molecule has 0 saturated carbocycles. The molecule has 0 saturated heterocycles. The molecule has 1 aromatic carbocycles. The molecule has 0 aromatic heterocycles. The van der Waals surface area contributed by atoms with Crippen LogP contribution in [0, 0.1) is 11.6 Å². The van der Waals surface area contributed by atoms with Crippen molar-refractivity contribution >= 4 is 9.84 Å². The summed E-state index contributed by atoms with van der Waals surface area (Å²) in [6.45, 7) is 0.572. The van der Waals surface area contributed by atoms with Crippen LogP contribution < -0.4 is 5.32 Å². The first-order valence-electron chi connectivity index (χ1n) is 5.81. The Labute approximate surface area is 111 Å². The van der Waals surface area contributed by atoms with Gasteiger partial charge in [0, 0.05) is 12.8 Å².